The maximum absolute atomic E-state index is 12.1. The van der Waals surface area contributed by atoms with Crippen molar-refractivity contribution in [3.8, 4) is 0 Å². The van der Waals surface area contributed by atoms with Crippen LogP contribution in [0, 0.1) is 0 Å². The second kappa shape index (κ2) is 7.74. The fraction of sp³-hybridized carbons (Fsp3) is 0.462. The van der Waals surface area contributed by atoms with Gasteiger partial charge in [-0.1, -0.05) is 18.2 Å². The summed E-state index contributed by atoms with van der Waals surface area (Å²) in [4.78, 5) is 11.9. The zero-order valence-corrected chi connectivity index (χ0v) is 13.8. The minimum Gasteiger partial charge on any atom is -0.459 e. The molecule has 0 fully saturated rings. The van der Waals surface area contributed by atoms with Crippen LogP contribution in [-0.4, -0.2) is 32.6 Å². The van der Waals surface area contributed by atoms with Crippen LogP contribution < -0.4 is 10.5 Å². The smallest absolute Gasteiger partial charge is 0.326 e. The Morgan fingerprint density at radius 2 is 1.81 bits per heavy atom. The monoisotopic (exact) mass is 336 g/mol. The highest BCUT2D eigenvalue weighted by atomic mass is 35.5. The average Bonchev–Trinajstić information content (AvgIpc) is 2.35. The molecule has 0 amide bonds. The fourth-order valence-corrected chi connectivity index (χ4v) is 2.64. The van der Waals surface area contributed by atoms with Crippen LogP contribution in [0.1, 0.15) is 20.8 Å². The number of carbonyl (C=O) groups excluding carboxylic acids is 1. The first-order chi connectivity index (χ1) is 9.15. The third-order valence-electron chi connectivity index (χ3n) is 2.28. The minimum absolute atomic E-state index is 0. The second-order valence-electron chi connectivity index (χ2n) is 5.26. The predicted octanol–water partition coefficient (Wildman–Crippen LogP) is 1.06. The third-order valence-corrected chi connectivity index (χ3v) is 3.77. The van der Waals surface area contributed by atoms with E-state index >= 15 is 0 Å². The van der Waals surface area contributed by atoms with E-state index < -0.39 is 27.6 Å². The van der Waals surface area contributed by atoms with Gasteiger partial charge in [0.15, 0.2) is 0 Å². The summed E-state index contributed by atoms with van der Waals surface area (Å²) in [5, 5.41) is 0. The number of benzene rings is 1. The molecule has 0 heterocycles. The van der Waals surface area contributed by atoms with E-state index in [1.807, 2.05) is 0 Å². The van der Waals surface area contributed by atoms with E-state index in [1.54, 1.807) is 39.0 Å². The molecule has 1 rings (SSSR count). The van der Waals surface area contributed by atoms with Crippen LogP contribution in [0.15, 0.2) is 35.2 Å². The Morgan fingerprint density at radius 3 is 2.24 bits per heavy atom. The van der Waals surface area contributed by atoms with Crippen LogP contribution in [0.5, 0.6) is 0 Å². The van der Waals surface area contributed by atoms with Crippen LogP contribution >= 0.6 is 12.4 Å². The topological polar surface area (TPSA) is 98.5 Å². The molecule has 0 aliphatic heterocycles. The largest absolute Gasteiger partial charge is 0.459 e. The first-order valence-electron chi connectivity index (χ1n) is 6.16. The lowest BCUT2D eigenvalue weighted by Gasteiger charge is -2.23. The van der Waals surface area contributed by atoms with Gasteiger partial charge in [0.2, 0.25) is 10.0 Å². The van der Waals surface area contributed by atoms with Gasteiger partial charge in [-0.2, -0.15) is 4.72 Å². The molecule has 0 aliphatic carbocycles. The van der Waals surface area contributed by atoms with E-state index in [4.69, 9.17) is 10.5 Å². The quantitative estimate of drug-likeness (QED) is 0.783. The molecule has 3 N–H and O–H groups in total. The number of rotatable bonds is 5. The Hall–Kier alpha value is -1.15. The van der Waals surface area contributed by atoms with Crippen LogP contribution in [0.4, 0.5) is 0 Å². The molecule has 0 bridgehead atoms. The average molecular weight is 337 g/mol. The van der Waals surface area contributed by atoms with Crippen molar-refractivity contribution < 1.29 is 17.9 Å². The summed E-state index contributed by atoms with van der Waals surface area (Å²) >= 11 is 0. The van der Waals surface area contributed by atoms with Gasteiger partial charge in [-0.3, -0.25) is 4.79 Å². The van der Waals surface area contributed by atoms with Crippen molar-refractivity contribution in [2.24, 2.45) is 5.73 Å². The number of nitrogens with one attached hydrogen (secondary N) is 1. The number of sulfonamides is 1. The van der Waals surface area contributed by atoms with Crippen LogP contribution in [0.25, 0.3) is 0 Å². The van der Waals surface area contributed by atoms with E-state index in [-0.39, 0.29) is 23.8 Å². The molecule has 1 aromatic carbocycles. The Labute approximate surface area is 131 Å². The molecule has 0 saturated heterocycles. The Bertz CT molecular complexity index is 555. The number of nitrogens with two attached hydrogens (primary N) is 1. The summed E-state index contributed by atoms with van der Waals surface area (Å²) in [5.74, 6) is -0.695. The maximum atomic E-state index is 12.1. The van der Waals surface area contributed by atoms with Crippen molar-refractivity contribution in [3.05, 3.63) is 30.3 Å². The van der Waals surface area contributed by atoms with E-state index in [1.165, 1.54) is 12.1 Å². The van der Waals surface area contributed by atoms with E-state index in [2.05, 4.69) is 4.72 Å². The summed E-state index contributed by atoms with van der Waals surface area (Å²) in [5.41, 5.74) is 4.74. The van der Waals surface area contributed by atoms with Crippen LogP contribution in [-0.2, 0) is 19.6 Å². The fourth-order valence-electron chi connectivity index (χ4n) is 1.42. The molecule has 0 aliphatic rings. The molecular weight excluding hydrogens is 316 g/mol. The number of hydrogen-bond acceptors (Lipinski definition) is 5. The molecule has 0 radical (unpaired) electrons. The molecule has 1 aromatic rings. The lowest BCUT2D eigenvalue weighted by Crippen LogP contribution is -2.48. The molecule has 6 nitrogen and oxygen atoms in total. The van der Waals surface area contributed by atoms with Crippen molar-refractivity contribution in [2.75, 3.05) is 6.54 Å². The normalized spacial score (nSPS) is 13.1. The second-order valence-corrected chi connectivity index (χ2v) is 6.97. The van der Waals surface area contributed by atoms with Gasteiger partial charge in [0.05, 0.1) is 4.90 Å². The molecule has 0 aromatic heterocycles. The van der Waals surface area contributed by atoms with Gasteiger partial charge in [0.1, 0.15) is 11.6 Å². The van der Waals surface area contributed by atoms with Crippen molar-refractivity contribution >= 4 is 28.4 Å². The lowest BCUT2D eigenvalue weighted by atomic mass is 10.2. The number of carbonyl (C=O) groups is 1. The summed E-state index contributed by atoms with van der Waals surface area (Å²) in [7, 11) is -3.80. The number of ether oxygens (including phenoxy) is 1. The van der Waals surface area contributed by atoms with Gasteiger partial charge >= 0.3 is 5.97 Å². The van der Waals surface area contributed by atoms with Crippen molar-refractivity contribution in [3.63, 3.8) is 0 Å². The SMILES string of the molecule is CC(C)(C)OC(=O)[C@H](CN)NS(=O)(=O)c1ccccc1.Cl. The van der Waals surface area contributed by atoms with Gasteiger partial charge in [0, 0.05) is 6.54 Å². The van der Waals surface area contributed by atoms with Gasteiger partial charge in [0.25, 0.3) is 0 Å². The lowest BCUT2D eigenvalue weighted by molar-refractivity contribution is -0.156. The molecule has 21 heavy (non-hydrogen) atoms. The van der Waals surface area contributed by atoms with Gasteiger partial charge in [-0.05, 0) is 32.9 Å². The van der Waals surface area contributed by atoms with Crippen LogP contribution in [0.2, 0.25) is 0 Å². The maximum Gasteiger partial charge on any atom is 0.326 e. The number of esters is 1. The van der Waals surface area contributed by atoms with E-state index in [0.29, 0.717) is 0 Å². The highest BCUT2D eigenvalue weighted by molar-refractivity contribution is 7.89. The van der Waals surface area contributed by atoms with Crippen LogP contribution in [0.3, 0.4) is 0 Å². The molecule has 0 saturated carbocycles. The molecular formula is C13H21ClN2O4S. The standard InChI is InChI=1S/C13H20N2O4S.ClH/c1-13(2,3)19-12(16)11(9-14)15-20(17,18)10-7-5-4-6-8-10;/h4-8,11,15H,9,14H2,1-3H3;1H/t11-;/m0./s1. The number of halogens is 1. The highest BCUT2D eigenvalue weighted by Crippen LogP contribution is 2.11. The van der Waals surface area contributed by atoms with Crippen molar-refractivity contribution in [1.29, 1.82) is 0 Å². The minimum atomic E-state index is -3.80. The van der Waals surface area contributed by atoms with Gasteiger partial charge in [-0.15, -0.1) is 12.4 Å². The molecule has 1 atom stereocenters. The first-order valence-corrected chi connectivity index (χ1v) is 7.64. The van der Waals surface area contributed by atoms with Gasteiger partial charge in [-0.25, -0.2) is 8.42 Å². The predicted molar refractivity (Wildman–Crippen MR) is 82.7 cm³/mol. The Balaban J connectivity index is 0.00000400. The molecule has 0 spiro atoms. The summed E-state index contributed by atoms with van der Waals surface area (Å²) in [6.45, 7) is 4.92. The zero-order chi connectivity index (χ0) is 15.4. The Morgan fingerprint density at radius 1 is 1.29 bits per heavy atom. The van der Waals surface area contributed by atoms with E-state index in [0.717, 1.165) is 0 Å². The number of hydrogen-bond donors (Lipinski definition) is 2. The van der Waals surface area contributed by atoms with E-state index in [9.17, 15) is 13.2 Å². The molecule has 0 unspecified atom stereocenters. The van der Waals surface area contributed by atoms with Crippen molar-refractivity contribution in [1.82, 2.24) is 4.72 Å². The summed E-state index contributed by atoms with van der Waals surface area (Å²) in [6.07, 6.45) is 0. The summed E-state index contributed by atoms with van der Waals surface area (Å²) < 4.78 is 31.6. The zero-order valence-electron chi connectivity index (χ0n) is 12.2. The molecule has 120 valence electrons. The summed E-state index contributed by atoms with van der Waals surface area (Å²) in [6, 6.07) is 6.65. The first kappa shape index (κ1) is 19.9. The molecule has 8 heteroatoms. The highest BCUT2D eigenvalue weighted by Gasteiger charge is 2.28. The van der Waals surface area contributed by atoms with Gasteiger partial charge < -0.3 is 10.5 Å². The Kier molecular flexibility index (Phi) is 7.32. The third kappa shape index (κ3) is 6.43. The van der Waals surface area contributed by atoms with Crippen molar-refractivity contribution in [2.45, 2.75) is 37.3 Å².